The van der Waals surface area contributed by atoms with Gasteiger partial charge >= 0.3 is 0 Å². The van der Waals surface area contributed by atoms with Crippen molar-refractivity contribution in [1.82, 2.24) is 9.59 Å². The molecule has 0 saturated carbocycles. The van der Waals surface area contributed by atoms with E-state index in [1.807, 2.05) is 29.6 Å². The van der Waals surface area contributed by atoms with Crippen LogP contribution in [0.25, 0.3) is 11.3 Å². The molecule has 0 bridgehead atoms. The maximum atomic E-state index is 5.62. The molecule has 0 spiro atoms. The van der Waals surface area contributed by atoms with Gasteiger partial charge in [-0.05, 0) is 23.7 Å². The highest BCUT2D eigenvalue weighted by atomic mass is 32.1. The highest BCUT2D eigenvalue weighted by molar-refractivity contribution is 7.03. The monoisotopic (exact) mass is 177 g/mol. The Morgan fingerprint density at radius 1 is 1.33 bits per heavy atom. The molecule has 12 heavy (non-hydrogen) atoms. The topological polar surface area (TPSA) is 51.8 Å². The fraction of sp³-hybridized carbons (Fsp3) is 0. The van der Waals surface area contributed by atoms with Crippen LogP contribution in [0.15, 0.2) is 29.6 Å². The molecule has 0 fully saturated rings. The molecule has 2 N–H and O–H groups in total. The van der Waals surface area contributed by atoms with E-state index in [0.717, 1.165) is 16.9 Å². The van der Waals surface area contributed by atoms with Gasteiger partial charge in [-0.15, -0.1) is 5.10 Å². The molecule has 0 saturated heterocycles. The standard InChI is InChI=1S/C8H7N3S/c9-7-3-1-2-6(4-7)8-5-12-11-10-8/h1-5H,9H2. The molecule has 0 unspecified atom stereocenters. The smallest absolute Gasteiger partial charge is 0.105 e. The Morgan fingerprint density at radius 2 is 2.25 bits per heavy atom. The van der Waals surface area contributed by atoms with Crippen molar-refractivity contribution < 1.29 is 0 Å². The second kappa shape index (κ2) is 2.91. The molecule has 60 valence electrons. The molecule has 1 heterocycles. The number of hydrogen-bond acceptors (Lipinski definition) is 4. The van der Waals surface area contributed by atoms with Crippen molar-refractivity contribution in [1.29, 1.82) is 0 Å². The molecule has 0 aliphatic heterocycles. The predicted octanol–water partition coefficient (Wildman–Crippen LogP) is 1.79. The number of rotatable bonds is 1. The van der Waals surface area contributed by atoms with Gasteiger partial charge in [0.2, 0.25) is 0 Å². The van der Waals surface area contributed by atoms with Crippen LogP contribution in [0, 0.1) is 0 Å². The summed E-state index contributed by atoms with van der Waals surface area (Å²) in [5.74, 6) is 0. The third-order valence-corrected chi connectivity index (χ3v) is 2.05. The van der Waals surface area contributed by atoms with E-state index >= 15 is 0 Å². The van der Waals surface area contributed by atoms with Crippen LogP contribution in [0.4, 0.5) is 5.69 Å². The highest BCUT2D eigenvalue weighted by Gasteiger charge is 1.99. The number of nitrogens with zero attached hydrogens (tertiary/aromatic N) is 2. The first kappa shape index (κ1) is 7.24. The molecule has 4 heteroatoms. The molecule has 0 amide bonds. The second-order valence-corrected chi connectivity index (χ2v) is 3.03. The van der Waals surface area contributed by atoms with Crippen molar-refractivity contribution in [3.63, 3.8) is 0 Å². The summed E-state index contributed by atoms with van der Waals surface area (Å²) in [6.07, 6.45) is 0. The summed E-state index contributed by atoms with van der Waals surface area (Å²) in [7, 11) is 0. The summed E-state index contributed by atoms with van der Waals surface area (Å²) in [6.45, 7) is 0. The minimum atomic E-state index is 0.750. The molecule has 2 rings (SSSR count). The van der Waals surface area contributed by atoms with Crippen molar-refractivity contribution in [2.24, 2.45) is 0 Å². The Labute approximate surface area is 74.0 Å². The van der Waals surface area contributed by atoms with Crippen LogP contribution < -0.4 is 5.73 Å². The predicted molar refractivity (Wildman–Crippen MR) is 49.8 cm³/mol. The summed E-state index contributed by atoms with van der Waals surface area (Å²) in [4.78, 5) is 0. The van der Waals surface area contributed by atoms with Gasteiger partial charge in [-0.25, -0.2) is 0 Å². The summed E-state index contributed by atoms with van der Waals surface area (Å²) in [5, 5.41) is 5.84. The molecular weight excluding hydrogens is 170 g/mol. The molecule has 1 aromatic heterocycles. The largest absolute Gasteiger partial charge is 0.399 e. The lowest BCUT2D eigenvalue weighted by molar-refractivity contribution is 1.16. The molecule has 0 aliphatic carbocycles. The van der Waals surface area contributed by atoms with E-state index in [-0.39, 0.29) is 0 Å². The Bertz CT molecular complexity index is 370. The van der Waals surface area contributed by atoms with E-state index in [0.29, 0.717) is 0 Å². The highest BCUT2D eigenvalue weighted by Crippen LogP contribution is 2.19. The lowest BCUT2D eigenvalue weighted by atomic mass is 10.1. The fourth-order valence-corrected chi connectivity index (χ4v) is 1.45. The summed E-state index contributed by atoms with van der Waals surface area (Å²) in [6, 6.07) is 7.61. The van der Waals surface area contributed by atoms with Crippen molar-refractivity contribution in [3.05, 3.63) is 29.6 Å². The average Bonchev–Trinajstić information content (AvgIpc) is 2.56. The number of hydrogen-bond donors (Lipinski definition) is 1. The number of nitrogen functional groups attached to an aromatic ring is 1. The van der Waals surface area contributed by atoms with Crippen LogP contribution in [0.3, 0.4) is 0 Å². The van der Waals surface area contributed by atoms with Crippen LogP contribution in [0.1, 0.15) is 0 Å². The second-order valence-electron chi connectivity index (χ2n) is 2.42. The molecule has 0 aliphatic rings. The third kappa shape index (κ3) is 1.29. The van der Waals surface area contributed by atoms with Gasteiger partial charge in [-0.3, -0.25) is 0 Å². The fourth-order valence-electron chi connectivity index (χ4n) is 0.988. The SMILES string of the molecule is Nc1cccc(-c2csnn2)c1. The maximum Gasteiger partial charge on any atom is 0.105 e. The molecular formula is C8H7N3S. The van der Waals surface area contributed by atoms with E-state index in [4.69, 9.17) is 5.73 Å². The van der Waals surface area contributed by atoms with Gasteiger partial charge < -0.3 is 5.73 Å². The van der Waals surface area contributed by atoms with Crippen LogP contribution in [0.5, 0.6) is 0 Å². The van der Waals surface area contributed by atoms with Gasteiger partial charge in [0.15, 0.2) is 0 Å². The summed E-state index contributed by atoms with van der Waals surface area (Å²) in [5.41, 5.74) is 8.27. The first-order valence-electron chi connectivity index (χ1n) is 3.49. The van der Waals surface area contributed by atoms with Gasteiger partial charge in [-0.2, -0.15) is 0 Å². The minimum absolute atomic E-state index is 0.750. The maximum absolute atomic E-state index is 5.62. The Balaban J connectivity index is 2.48. The molecule has 0 radical (unpaired) electrons. The van der Waals surface area contributed by atoms with Gasteiger partial charge in [0, 0.05) is 16.6 Å². The first-order chi connectivity index (χ1) is 5.86. The quantitative estimate of drug-likeness (QED) is 0.675. The Hall–Kier alpha value is -1.42. The van der Waals surface area contributed by atoms with Crippen molar-refractivity contribution in [2.75, 3.05) is 5.73 Å². The van der Waals surface area contributed by atoms with E-state index in [1.165, 1.54) is 11.5 Å². The van der Waals surface area contributed by atoms with Gasteiger partial charge in [-0.1, -0.05) is 16.6 Å². The minimum Gasteiger partial charge on any atom is -0.399 e. The number of anilines is 1. The van der Waals surface area contributed by atoms with Gasteiger partial charge in [0.25, 0.3) is 0 Å². The Morgan fingerprint density at radius 3 is 2.92 bits per heavy atom. The zero-order valence-electron chi connectivity index (χ0n) is 6.27. The number of nitrogens with two attached hydrogens (primary N) is 1. The average molecular weight is 177 g/mol. The lowest BCUT2D eigenvalue weighted by Crippen LogP contribution is -1.84. The van der Waals surface area contributed by atoms with E-state index in [2.05, 4.69) is 9.59 Å². The zero-order valence-corrected chi connectivity index (χ0v) is 7.08. The van der Waals surface area contributed by atoms with Gasteiger partial charge in [0.05, 0.1) is 0 Å². The van der Waals surface area contributed by atoms with Gasteiger partial charge in [0.1, 0.15) is 5.69 Å². The zero-order chi connectivity index (χ0) is 8.39. The number of benzene rings is 1. The third-order valence-electron chi connectivity index (χ3n) is 1.54. The molecule has 1 aromatic carbocycles. The van der Waals surface area contributed by atoms with Crippen LogP contribution >= 0.6 is 11.5 Å². The summed E-state index contributed by atoms with van der Waals surface area (Å²) < 4.78 is 3.78. The van der Waals surface area contributed by atoms with E-state index in [9.17, 15) is 0 Å². The van der Waals surface area contributed by atoms with Crippen LogP contribution in [0.2, 0.25) is 0 Å². The Kier molecular flexibility index (Phi) is 1.75. The van der Waals surface area contributed by atoms with Crippen molar-refractivity contribution in [2.45, 2.75) is 0 Å². The molecule has 0 atom stereocenters. The molecule has 2 aromatic rings. The number of aromatic nitrogens is 2. The lowest BCUT2D eigenvalue weighted by Gasteiger charge is -1.95. The van der Waals surface area contributed by atoms with E-state index in [1.54, 1.807) is 0 Å². The van der Waals surface area contributed by atoms with Crippen molar-refractivity contribution in [3.8, 4) is 11.3 Å². The van der Waals surface area contributed by atoms with Crippen LogP contribution in [-0.4, -0.2) is 9.59 Å². The molecule has 3 nitrogen and oxygen atoms in total. The normalized spacial score (nSPS) is 10.0. The summed E-state index contributed by atoms with van der Waals surface area (Å²) >= 11 is 1.34. The van der Waals surface area contributed by atoms with Crippen LogP contribution in [-0.2, 0) is 0 Å². The van der Waals surface area contributed by atoms with E-state index < -0.39 is 0 Å². The first-order valence-corrected chi connectivity index (χ1v) is 4.33. The van der Waals surface area contributed by atoms with Crippen molar-refractivity contribution >= 4 is 17.2 Å².